The summed E-state index contributed by atoms with van der Waals surface area (Å²) in [6, 6.07) is -0.329. The van der Waals surface area contributed by atoms with Crippen LogP contribution in [0.1, 0.15) is 12.0 Å². The lowest BCUT2D eigenvalue weighted by atomic mass is 10.1. The number of benzene rings is 1. The SMILES string of the molecule is N[C@@H]1[C@@H]2C[C@H](O)[C@H]1N(S(=O)(=O)c1cc(F)cc(C(F)(F)F)c1)C2. The zero-order valence-electron chi connectivity index (χ0n) is 11.7. The predicted molar refractivity (Wildman–Crippen MR) is 71.2 cm³/mol. The maximum absolute atomic E-state index is 13.5. The minimum Gasteiger partial charge on any atom is -0.391 e. The first-order valence-electron chi connectivity index (χ1n) is 6.85. The fourth-order valence-corrected chi connectivity index (χ4v) is 5.14. The Kier molecular flexibility index (Phi) is 3.71. The summed E-state index contributed by atoms with van der Waals surface area (Å²) in [6.07, 6.45) is -5.50. The van der Waals surface area contributed by atoms with Gasteiger partial charge >= 0.3 is 6.18 Å². The first-order chi connectivity index (χ1) is 10.5. The van der Waals surface area contributed by atoms with Crippen molar-refractivity contribution >= 4 is 10.0 Å². The number of sulfonamides is 1. The summed E-state index contributed by atoms with van der Waals surface area (Å²) in [5.41, 5.74) is 4.46. The molecule has 0 spiro atoms. The maximum Gasteiger partial charge on any atom is 0.416 e. The number of piperidine rings is 1. The number of aliphatic hydroxyl groups excluding tert-OH is 1. The van der Waals surface area contributed by atoms with Crippen molar-refractivity contribution < 1.29 is 31.1 Å². The molecule has 1 aliphatic heterocycles. The van der Waals surface area contributed by atoms with Gasteiger partial charge in [0.15, 0.2) is 0 Å². The molecule has 128 valence electrons. The molecule has 2 aliphatic rings. The normalized spacial score (nSPS) is 31.7. The van der Waals surface area contributed by atoms with Gasteiger partial charge in [-0.2, -0.15) is 17.5 Å². The molecule has 5 nitrogen and oxygen atoms in total. The third kappa shape index (κ3) is 2.63. The van der Waals surface area contributed by atoms with Gasteiger partial charge in [-0.3, -0.25) is 0 Å². The minimum atomic E-state index is -4.87. The first kappa shape index (κ1) is 16.6. The van der Waals surface area contributed by atoms with Crippen molar-refractivity contribution in [2.75, 3.05) is 6.54 Å². The number of hydrogen-bond donors (Lipinski definition) is 2. The van der Waals surface area contributed by atoms with E-state index in [1.807, 2.05) is 0 Å². The molecule has 1 aliphatic carbocycles. The van der Waals surface area contributed by atoms with E-state index in [-0.39, 0.29) is 18.5 Å². The Morgan fingerprint density at radius 1 is 1.26 bits per heavy atom. The van der Waals surface area contributed by atoms with Gasteiger partial charge in [0.2, 0.25) is 10.0 Å². The molecule has 0 unspecified atom stereocenters. The van der Waals surface area contributed by atoms with Crippen LogP contribution in [0.4, 0.5) is 17.6 Å². The lowest BCUT2D eigenvalue weighted by Crippen LogP contribution is -2.48. The van der Waals surface area contributed by atoms with Gasteiger partial charge in [0.05, 0.1) is 22.6 Å². The van der Waals surface area contributed by atoms with Crippen LogP contribution >= 0.6 is 0 Å². The lowest BCUT2D eigenvalue weighted by molar-refractivity contribution is -0.137. The van der Waals surface area contributed by atoms with E-state index in [1.54, 1.807) is 0 Å². The zero-order chi connectivity index (χ0) is 17.2. The van der Waals surface area contributed by atoms with Gasteiger partial charge < -0.3 is 10.8 Å². The van der Waals surface area contributed by atoms with Crippen LogP contribution in [-0.4, -0.2) is 42.6 Å². The molecule has 0 aromatic heterocycles. The Hall–Kier alpha value is -1.23. The molecule has 0 amide bonds. The van der Waals surface area contributed by atoms with Gasteiger partial charge in [-0.15, -0.1) is 0 Å². The van der Waals surface area contributed by atoms with Gasteiger partial charge in [-0.25, -0.2) is 12.8 Å². The molecule has 1 aromatic rings. The van der Waals surface area contributed by atoms with Gasteiger partial charge in [-0.05, 0) is 30.5 Å². The molecule has 2 bridgehead atoms. The summed E-state index contributed by atoms with van der Waals surface area (Å²) in [5.74, 6) is -1.56. The minimum absolute atomic E-state index is 0.00307. The van der Waals surface area contributed by atoms with Crippen LogP contribution in [0.15, 0.2) is 23.1 Å². The molecule has 23 heavy (non-hydrogen) atoms. The molecule has 0 radical (unpaired) electrons. The average Bonchev–Trinajstić information content (AvgIpc) is 2.89. The van der Waals surface area contributed by atoms with E-state index in [2.05, 4.69) is 0 Å². The molecule has 1 saturated carbocycles. The average molecular weight is 354 g/mol. The molecular weight excluding hydrogens is 340 g/mol. The van der Waals surface area contributed by atoms with Crippen molar-refractivity contribution in [1.82, 2.24) is 4.31 Å². The van der Waals surface area contributed by atoms with Crippen molar-refractivity contribution in [3.05, 3.63) is 29.6 Å². The fraction of sp³-hybridized carbons (Fsp3) is 0.538. The van der Waals surface area contributed by atoms with Crippen LogP contribution in [0.5, 0.6) is 0 Å². The van der Waals surface area contributed by atoms with E-state index >= 15 is 0 Å². The van der Waals surface area contributed by atoms with Crippen LogP contribution in [-0.2, 0) is 16.2 Å². The molecule has 10 heteroatoms. The third-order valence-corrected chi connectivity index (χ3v) is 6.27. The number of nitrogens with two attached hydrogens (primary N) is 1. The number of halogens is 4. The van der Waals surface area contributed by atoms with Crippen LogP contribution in [0.3, 0.4) is 0 Å². The Morgan fingerprint density at radius 3 is 2.43 bits per heavy atom. The number of fused-ring (bicyclic) bond motifs is 2. The quantitative estimate of drug-likeness (QED) is 0.774. The van der Waals surface area contributed by atoms with Crippen molar-refractivity contribution in [1.29, 1.82) is 0 Å². The fourth-order valence-electron chi connectivity index (χ4n) is 3.34. The summed E-state index contributed by atoms with van der Waals surface area (Å²) in [5, 5.41) is 9.87. The molecule has 3 rings (SSSR count). The van der Waals surface area contributed by atoms with E-state index in [4.69, 9.17) is 5.73 Å². The number of aliphatic hydroxyl groups is 1. The standard InChI is InChI=1S/C13H14F4N2O3S/c14-8-2-7(13(15,16)17)3-9(4-8)23(21,22)19-5-6-1-10(20)12(19)11(6)18/h2-4,6,10-12,20H,1,5,18H2/t6-,10+,11-,12-/m1/s1. The topological polar surface area (TPSA) is 83.6 Å². The van der Waals surface area contributed by atoms with Gasteiger partial charge in [0.25, 0.3) is 0 Å². The zero-order valence-corrected chi connectivity index (χ0v) is 12.5. The Bertz CT molecular complexity index is 737. The van der Waals surface area contributed by atoms with Crippen molar-refractivity contribution in [2.24, 2.45) is 11.7 Å². The second-order valence-corrected chi connectivity index (χ2v) is 7.77. The Labute approximate surface area is 129 Å². The van der Waals surface area contributed by atoms with Crippen LogP contribution in [0, 0.1) is 11.7 Å². The number of hydrogen-bond acceptors (Lipinski definition) is 4. The second-order valence-electron chi connectivity index (χ2n) is 5.88. The molecule has 1 aromatic carbocycles. The van der Waals surface area contributed by atoms with E-state index in [9.17, 15) is 31.1 Å². The van der Waals surface area contributed by atoms with Gasteiger partial charge in [-0.1, -0.05) is 0 Å². The highest BCUT2D eigenvalue weighted by atomic mass is 32.2. The highest BCUT2D eigenvalue weighted by Crippen LogP contribution is 2.41. The summed E-state index contributed by atoms with van der Waals surface area (Å²) >= 11 is 0. The molecule has 1 saturated heterocycles. The van der Waals surface area contributed by atoms with Crippen LogP contribution in [0.25, 0.3) is 0 Å². The Balaban J connectivity index is 2.03. The van der Waals surface area contributed by atoms with E-state index in [0.717, 1.165) is 4.31 Å². The lowest BCUT2D eigenvalue weighted by Gasteiger charge is -2.29. The highest BCUT2D eigenvalue weighted by molar-refractivity contribution is 7.89. The number of rotatable bonds is 2. The highest BCUT2D eigenvalue weighted by Gasteiger charge is 2.54. The molecular formula is C13H14F4N2O3S. The molecule has 4 atom stereocenters. The van der Waals surface area contributed by atoms with E-state index in [1.165, 1.54) is 0 Å². The predicted octanol–water partition coefficient (Wildman–Crippen LogP) is 0.925. The van der Waals surface area contributed by atoms with E-state index < -0.39 is 50.7 Å². The number of nitrogens with zero attached hydrogens (tertiary/aromatic N) is 1. The van der Waals surface area contributed by atoms with E-state index in [0.29, 0.717) is 18.6 Å². The molecule has 2 fully saturated rings. The molecule has 1 heterocycles. The van der Waals surface area contributed by atoms with Crippen molar-refractivity contribution in [2.45, 2.75) is 35.7 Å². The summed E-state index contributed by atoms with van der Waals surface area (Å²) in [7, 11) is -4.39. The number of alkyl halides is 3. The summed E-state index contributed by atoms with van der Waals surface area (Å²) in [6.45, 7) is 0.00307. The Morgan fingerprint density at radius 2 is 1.91 bits per heavy atom. The largest absolute Gasteiger partial charge is 0.416 e. The molecule has 3 N–H and O–H groups in total. The van der Waals surface area contributed by atoms with Gasteiger partial charge in [0.1, 0.15) is 5.82 Å². The maximum atomic E-state index is 13.5. The summed E-state index contributed by atoms with van der Waals surface area (Å²) in [4.78, 5) is -0.795. The monoisotopic (exact) mass is 354 g/mol. The first-order valence-corrected chi connectivity index (χ1v) is 8.29. The van der Waals surface area contributed by atoms with Crippen molar-refractivity contribution in [3.63, 3.8) is 0 Å². The third-order valence-electron chi connectivity index (χ3n) is 4.43. The summed E-state index contributed by atoms with van der Waals surface area (Å²) < 4.78 is 77.7. The van der Waals surface area contributed by atoms with Crippen molar-refractivity contribution in [3.8, 4) is 0 Å². The smallest absolute Gasteiger partial charge is 0.391 e. The van der Waals surface area contributed by atoms with Gasteiger partial charge in [0, 0.05) is 12.6 Å². The van der Waals surface area contributed by atoms with Crippen LogP contribution in [0.2, 0.25) is 0 Å². The second kappa shape index (κ2) is 5.13. The van der Waals surface area contributed by atoms with Crippen LogP contribution < -0.4 is 5.73 Å².